The summed E-state index contributed by atoms with van der Waals surface area (Å²) >= 11 is 0. The van der Waals surface area contributed by atoms with E-state index in [1.54, 1.807) is 26.4 Å². The number of nitrogens with two attached hydrogens (primary N) is 1. The Balaban J connectivity index is 2.76. The maximum atomic E-state index is 10.9. The van der Waals surface area contributed by atoms with Gasteiger partial charge in [-0.25, -0.2) is 0 Å². The molecule has 1 aromatic carbocycles. The Morgan fingerprint density at radius 2 is 1.85 bits per heavy atom. The predicted octanol–water partition coefficient (Wildman–Crippen LogP) is 1.27. The summed E-state index contributed by atoms with van der Waals surface area (Å²) in [6.07, 6.45) is 0. The Bertz CT molecular complexity index is 432. The number of hydrogen-bond acceptors (Lipinski definition) is 6. The van der Waals surface area contributed by atoms with Gasteiger partial charge in [0.2, 0.25) is 0 Å². The molecule has 1 rings (SSSR count). The summed E-state index contributed by atoms with van der Waals surface area (Å²) in [5, 5.41) is 10.9. The molecule has 0 saturated heterocycles. The molecule has 0 aliphatic rings. The van der Waals surface area contributed by atoms with Crippen molar-refractivity contribution >= 4 is 11.4 Å². The Morgan fingerprint density at radius 1 is 1.25 bits per heavy atom. The first kappa shape index (κ1) is 16.4. The van der Waals surface area contributed by atoms with E-state index in [0.29, 0.717) is 19.8 Å². The van der Waals surface area contributed by atoms with Gasteiger partial charge in [-0.1, -0.05) is 6.07 Å². The zero-order chi connectivity index (χ0) is 15.0. The molecule has 0 aliphatic carbocycles. The van der Waals surface area contributed by atoms with Gasteiger partial charge in [0, 0.05) is 39.9 Å². The number of nitrogens with zero attached hydrogens (tertiary/aromatic N) is 2. The molecule has 1 aromatic rings. The van der Waals surface area contributed by atoms with E-state index in [2.05, 4.69) is 4.90 Å². The number of rotatable bonds is 9. The Kier molecular flexibility index (Phi) is 6.92. The second-order valence-corrected chi connectivity index (χ2v) is 4.41. The number of ether oxygens (including phenoxy) is 2. The van der Waals surface area contributed by atoms with Crippen molar-refractivity contribution in [1.82, 2.24) is 4.90 Å². The summed E-state index contributed by atoms with van der Waals surface area (Å²) in [5.41, 5.74) is 6.56. The highest BCUT2D eigenvalue weighted by molar-refractivity contribution is 5.59. The number of anilines is 1. The van der Waals surface area contributed by atoms with Crippen LogP contribution in [0.4, 0.5) is 11.4 Å². The van der Waals surface area contributed by atoms with E-state index < -0.39 is 4.92 Å². The molecule has 7 nitrogen and oxygen atoms in total. The molecule has 0 fully saturated rings. The van der Waals surface area contributed by atoms with Crippen LogP contribution in [0.2, 0.25) is 0 Å². The molecule has 0 radical (unpaired) electrons. The molecular formula is C13H21N3O4. The van der Waals surface area contributed by atoms with Crippen LogP contribution in [-0.2, 0) is 16.0 Å². The average Bonchev–Trinajstić information content (AvgIpc) is 2.43. The van der Waals surface area contributed by atoms with Crippen LogP contribution >= 0.6 is 0 Å². The summed E-state index contributed by atoms with van der Waals surface area (Å²) in [4.78, 5) is 12.5. The zero-order valence-corrected chi connectivity index (χ0v) is 11.9. The van der Waals surface area contributed by atoms with Crippen molar-refractivity contribution in [2.75, 3.05) is 46.3 Å². The van der Waals surface area contributed by atoms with Crippen molar-refractivity contribution in [3.8, 4) is 0 Å². The second-order valence-electron chi connectivity index (χ2n) is 4.41. The summed E-state index contributed by atoms with van der Waals surface area (Å²) in [6, 6.07) is 4.88. The molecule has 112 valence electrons. The quantitative estimate of drug-likeness (QED) is 0.417. The topological polar surface area (TPSA) is 90.9 Å². The molecule has 20 heavy (non-hydrogen) atoms. The summed E-state index contributed by atoms with van der Waals surface area (Å²) < 4.78 is 10.1. The number of nitro groups is 1. The van der Waals surface area contributed by atoms with Gasteiger partial charge in [-0.15, -0.1) is 0 Å². The second kappa shape index (κ2) is 8.47. The number of benzene rings is 1. The molecule has 2 N–H and O–H groups in total. The van der Waals surface area contributed by atoms with Crippen molar-refractivity contribution in [3.05, 3.63) is 33.9 Å². The molecule has 0 aliphatic heterocycles. The Labute approximate surface area is 118 Å². The van der Waals surface area contributed by atoms with E-state index in [1.807, 2.05) is 0 Å². The lowest BCUT2D eigenvalue weighted by Crippen LogP contribution is -2.30. The highest BCUT2D eigenvalue weighted by Gasteiger charge is 2.13. The third-order valence-electron chi connectivity index (χ3n) is 2.92. The zero-order valence-electron chi connectivity index (χ0n) is 11.9. The summed E-state index contributed by atoms with van der Waals surface area (Å²) in [6.45, 7) is 3.26. The normalized spacial score (nSPS) is 10.9. The molecule has 0 spiro atoms. The van der Waals surface area contributed by atoms with Crippen LogP contribution in [0.1, 0.15) is 5.56 Å². The monoisotopic (exact) mass is 283 g/mol. The van der Waals surface area contributed by atoms with Gasteiger partial charge in [0.05, 0.1) is 18.1 Å². The van der Waals surface area contributed by atoms with E-state index >= 15 is 0 Å². The highest BCUT2D eigenvalue weighted by Crippen LogP contribution is 2.23. The number of hydrogen-bond donors (Lipinski definition) is 1. The maximum Gasteiger partial charge on any atom is 0.292 e. The summed E-state index contributed by atoms with van der Waals surface area (Å²) in [5.74, 6) is 0. The lowest BCUT2D eigenvalue weighted by Gasteiger charge is -2.21. The van der Waals surface area contributed by atoms with Crippen LogP contribution in [0.3, 0.4) is 0 Å². The third-order valence-corrected chi connectivity index (χ3v) is 2.92. The van der Waals surface area contributed by atoms with Crippen molar-refractivity contribution in [2.45, 2.75) is 6.54 Å². The van der Waals surface area contributed by atoms with E-state index in [-0.39, 0.29) is 11.4 Å². The Morgan fingerprint density at radius 3 is 2.35 bits per heavy atom. The molecule has 0 unspecified atom stereocenters. The van der Waals surface area contributed by atoms with Crippen LogP contribution in [0.25, 0.3) is 0 Å². The minimum atomic E-state index is -0.465. The van der Waals surface area contributed by atoms with Crippen molar-refractivity contribution in [3.63, 3.8) is 0 Å². The molecule has 0 heterocycles. The molecule has 0 atom stereocenters. The van der Waals surface area contributed by atoms with Crippen molar-refractivity contribution in [1.29, 1.82) is 0 Å². The SMILES string of the molecule is COCCN(CCOC)Cc1ccc(N)c([N+](=O)[O-])c1. The van der Waals surface area contributed by atoms with Gasteiger partial charge in [-0.2, -0.15) is 0 Å². The molecular weight excluding hydrogens is 262 g/mol. The first-order valence-electron chi connectivity index (χ1n) is 6.31. The fourth-order valence-electron chi connectivity index (χ4n) is 1.81. The third kappa shape index (κ3) is 5.12. The van der Waals surface area contributed by atoms with Gasteiger partial charge in [-0.05, 0) is 11.6 Å². The number of nitro benzene ring substituents is 1. The van der Waals surface area contributed by atoms with Crippen LogP contribution in [0.15, 0.2) is 18.2 Å². The Hall–Kier alpha value is -1.70. The predicted molar refractivity (Wildman–Crippen MR) is 76.5 cm³/mol. The van der Waals surface area contributed by atoms with Gasteiger partial charge in [0.25, 0.3) is 5.69 Å². The standard InChI is InChI=1S/C13H21N3O4/c1-19-7-5-15(6-8-20-2)10-11-3-4-12(14)13(9-11)16(17)18/h3-4,9H,5-8,10,14H2,1-2H3. The fourth-order valence-corrected chi connectivity index (χ4v) is 1.81. The van der Waals surface area contributed by atoms with Crippen molar-refractivity contribution in [2.24, 2.45) is 0 Å². The fraction of sp³-hybridized carbons (Fsp3) is 0.538. The maximum absolute atomic E-state index is 10.9. The van der Waals surface area contributed by atoms with Gasteiger partial charge in [0.1, 0.15) is 5.69 Å². The molecule has 0 aromatic heterocycles. The first-order chi connectivity index (χ1) is 9.58. The minimum absolute atomic E-state index is 0.0547. The minimum Gasteiger partial charge on any atom is -0.393 e. The van der Waals surface area contributed by atoms with E-state index in [0.717, 1.165) is 18.7 Å². The smallest absolute Gasteiger partial charge is 0.292 e. The lowest BCUT2D eigenvalue weighted by molar-refractivity contribution is -0.384. The van der Waals surface area contributed by atoms with Gasteiger partial charge >= 0.3 is 0 Å². The summed E-state index contributed by atoms with van der Waals surface area (Å²) in [7, 11) is 3.28. The van der Waals surface area contributed by atoms with Gasteiger partial charge in [0.15, 0.2) is 0 Å². The average molecular weight is 283 g/mol. The highest BCUT2D eigenvalue weighted by atomic mass is 16.6. The molecule has 0 bridgehead atoms. The molecule has 0 saturated carbocycles. The lowest BCUT2D eigenvalue weighted by atomic mass is 10.1. The number of nitrogen functional groups attached to an aromatic ring is 1. The van der Waals surface area contributed by atoms with Crippen LogP contribution in [-0.4, -0.2) is 50.3 Å². The van der Waals surface area contributed by atoms with E-state index in [9.17, 15) is 10.1 Å². The largest absolute Gasteiger partial charge is 0.393 e. The molecule has 7 heteroatoms. The van der Waals surface area contributed by atoms with Crippen molar-refractivity contribution < 1.29 is 14.4 Å². The van der Waals surface area contributed by atoms with Crippen LogP contribution < -0.4 is 5.73 Å². The van der Waals surface area contributed by atoms with Crippen LogP contribution in [0.5, 0.6) is 0 Å². The van der Waals surface area contributed by atoms with Gasteiger partial charge in [-0.3, -0.25) is 15.0 Å². The first-order valence-corrected chi connectivity index (χ1v) is 6.31. The molecule has 0 amide bonds. The van der Waals surface area contributed by atoms with E-state index in [4.69, 9.17) is 15.2 Å². The van der Waals surface area contributed by atoms with Gasteiger partial charge < -0.3 is 15.2 Å². The van der Waals surface area contributed by atoms with Crippen LogP contribution in [0, 0.1) is 10.1 Å². The van der Waals surface area contributed by atoms with E-state index in [1.165, 1.54) is 6.07 Å². The number of methoxy groups -OCH3 is 2.